The maximum absolute atomic E-state index is 6.19. The molecule has 1 heterocycles. The highest BCUT2D eigenvalue weighted by atomic mass is 16.5. The van der Waals surface area contributed by atoms with E-state index in [1.54, 1.807) is 0 Å². The first-order chi connectivity index (χ1) is 10.2. The summed E-state index contributed by atoms with van der Waals surface area (Å²) in [5.74, 6) is 2.12. The molecule has 0 atom stereocenters. The second kappa shape index (κ2) is 6.29. The topological polar surface area (TPSA) is 27.1 Å². The number of aromatic nitrogens is 2. The lowest BCUT2D eigenvalue weighted by Crippen LogP contribution is -2.42. The standard InChI is InChI=1S/C18H27BN2O/c1-17(2,3)18(4,5)22-19(6)12-9-13-21-16-11-8-7-10-15(16)14-20-21/h7-12,14H,13H2,1-6H3/b12-9+. The second-order valence-corrected chi connectivity index (χ2v) is 7.40. The van der Waals surface area contributed by atoms with Gasteiger partial charge in [-0.1, -0.05) is 57.8 Å². The van der Waals surface area contributed by atoms with Crippen LogP contribution in [0.4, 0.5) is 0 Å². The van der Waals surface area contributed by atoms with Crippen molar-refractivity contribution in [2.45, 2.75) is 53.6 Å². The molecule has 118 valence electrons. The number of allylic oxidation sites excluding steroid dienone is 1. The van der Waals surface area contributed by atoms with Crippen LogP contribution in [0.1, 0.15) is 34.6 Å². The molecule has 4 heteroatoms. The van der Waals surface area contributed by atoms with Gasteiger partial charge >= 0.3 is 6.92 Å². The SMILES string of the molecule is CB(/C=C/Cn1ncc2ccccc21)OC(C)(C)C(C)(C)C. The lowest BCUT2D eigenvalue weighted by molar-refractivity contribution is 0.000158. The van der Waals surface area contributed by atoms with E-state index >= 15 is 0 Å². The Bertz CT molecular complexity index is 652. The van der Waals surface area contributed by atoms with Gasteiger partial charge in [0.25, 0.3) is 0 Å². The molecule has 0 aliphatic carbocycles. The lowest BCUT2D eigenvalue weighted by Gasteiger charge is -2.40. The Morgan fingerprint density at radius 2 is 1.86 bits per heavy atom. The molecule has 0 amide bonds. The van der Waals surface area contributed by atoms with Crippen molar-refractivity contribution >= 4 is 17.8 Å². The van der Waals surface area contributed by atoms with Gasteiger partial charge in [-0.2, -0.15) is 5.10 Å². The Morgan fingerprint density at radius 1 is 1.18 bits per heavy atom. The van der Waals surface area contributed by atoms with E-state index < -0.39 is 0 Å². The van der Waals surface area contributed by atoms with Gasteiger partial charge in [0.05, 0.1) is 23.9 Å². The monoisotopic (exact) mass is 298 g/mol. The molecule has 2 aromatic rings. The van der Waals surface area contributed by atoms with Crippen LogP contribution in [0.5, 0.6) is 0 Å². The third kappa shape index (κ3) is 3.80. The van der Waals surface area contributed by atoms with Gasteiger partial charge in [-0.05, 0) is 25.3 Å². The lowest BCUT2D eigenvalue weighted by atomic mass is 9.68. The van der Waals surface area contributed by atoms with Crippen molar-refractivity contribution in [3.8, 4) is 0 Å². The average Bonchev–Trinajstić information content (AvgIpc) is 2.80. The molecule has 0 fully saturated rings. The molecule has 3 nitrogen and oxygen atoms in total. The fourth-order valence-electron chi connectivity index (χ4n) is 2.20. The van der Waals surface area contributed by atoms with Gasteiger partial charge < -0.3 is 4.65 Å². The highest BCUT2D eigenvalue weighted by molar-refractivity contribution is 6.56. The van der Waals surface area contributed by atoms with Crippen LogP contribution in [-0.2, 0) is 11.2 Å². The minimum atomic E-state index is -0.171. The van der Waals surface area contributed by atoms with Crippen LogP contribution in [0.3, 0.4) is 0 Å². The van der Waals surface area contributed by atoms with Crippen LogP contribution in [-0.4, -0.2) is 22.3 Å². The number of para-hydroxylation sites is 1. The maximum atomic E-state index is 6.19. The van der Waals surface area contributed by atoms with E-state index in [0.29, 0.717) is 0 Å². The van der Waals surface area contributed by atoms with Crippen LogP contribution < -0.4 is 0 Å². The predicted molar refractivity (Wildman–Crippen MR) is 95.1 cm³/mol. The van der Waals surface area contributed by atoms with Gasteiger partial charge in [0.15, 0.2) is 0 Å². The summed E-state index contributed by atoms with van der Waals surface area (Å²) in [5.41, 5.74) is 1.10. The summed E-state index contributed by atoms with van der Waals surface area (Å²) in [4.78, 5) is 0. The first-order valence-corrected chi connectivity index (χ1v) is 7.96. The van der Waals surface area contributed by atoms with E-state index in [2.05, 4.69) is 70.7 Å². The smallest absolute Gasteiger partial charge is 0.316 e. The third-order valence-corrected chi connectivity index (χ3v) is 4.52. The molecule has 0 saturated carbocycles. The minimum Gasteiger partial charge on any atom is -0.427 e. The van der Waals surface area contributed by atoms with Crippen LogP contribution in [0.25, 0.3) is 10.9 Å². The fourth-order valence-corrected chi connectivity index (χ4v) is 2.20. The molecular weight excluding hydrogens is 271 g/mol. The van der Waals surface area contributed by atoms with Gasteiger partial charge in [0, 0.05) is 5.39 Å². The maximum Gasteiger partial charge on any atom is 0.316 e. The Morgan fingerprint density at radius 3 is 2.55 bits per heavy atom. The Hall–Kier alpha value is -1.55. The van der Waals surface area contributed by atoms with Crippen LogP contribution in [0, 0.1) is 5.41 Å². The van der Waals surface area contributed by atoms with Crippen molar-refractivity contribution in [3.05, 3.63) is 42.5 Å². The molecule has 1 aromatic heterocycles. The van der Waals surface area contributed by atoms with Crippen molar-refractivity contribution in [2.75, 3.05) is 0 Å². The minimum absolute atomic E-state index is 0.0797. The normalized spacial score (nSPS) is 13.2. The highest BCUT2D eigenvalue weighted by Gasteiger charge is 2.34. The van der Waals surface area contributed by atoms with Crippen LogP contribution in [0.15, 0.2) is 42.5 Å². The zero-order valence-electron chi connectivity index (χ0n) is 14.6. The quantitative estimate of drug-likeness (QED) is 0.755. The highest BCUT2D eigenvalue weighted by Crippen LogP contribution is 2.33. The molecule has 0 radical (unpaired) electrons. The molecule has 22 heavy (non-hydrogen) atoms. The summed E-state index contributed by atoms with van der Waals surface area (Å²) in [6, 6.07) is 8.26. The van der Waals surface area contributed by atoms with Gasteiger partial charge in [0.1, 0.15) is 0 Å². The van der Waals surface area contributed by atoms with Gasteiger partial charge in [0.2, 0.25) is 0 Å². The molecule has 1 aromatic carbocycles. The largest absolute Gasteiger partial charge is 0.427 e. The Balaban J connectivity index is 1.98. The molecule has 0 bridgehead atoms. The van der Waals surface area contributed by atoms with E-state index in [-0.39, 0.29) is 17.9 Å². The van der Waals surface area contributed by atoms with Crippen LogP contribution in [0.2, 0.25) is 6.82 Å². The molecule has 0 spiro atoms. The van der Waals surface area contributed by atoms with E-state index in [1.165, 1.54) is 5.39 Å². The average molecular weight is 298 g/mol. The van der Waals surface area contributed by atoms with Crippen molar-refractivity contribution < 1.29 is 4.65 Å². The molecule has 0 saturated heterocycles. The van der Waals surface area contributed by atoms with Crippen molar-refractivity contribution in [2.24, 2.45) is 5.41 Å². The van der Waals surface area contributed by atoms with E-state index in [4.69, 9.17) is 4.65 Å². The third-order valence-electron chi connectivity index (χ3n) is 4.52. The molecule has 2 rings (SSSR count). The van der Waals surface area contributed by atoms with Gasteiger partial charge in [-0.25, -0.2) is 0 Å². The summed E-state index contributed by atoms with van der Waals surface area (Å²) >= 11 is 0. The molecule has 0 N–H and O–H groups in total. The number of nitrogens with zero attached hydrogens (tertiary/aromatic N) is 2. The summed E-state index contributed by atoms with van der Waals surface area (Å²) in [7, 11) is 0. The summed E-state index contributed by atoms with van der Waals surface area (Å²) in [6.45, 7) is 13.9. The number of fused-ring (bicyclic) bond motifs is 1. The Labute approximate surface area is 134 Å². The number of hydrogen-bond donors (Lipinski definition) is 0. The zero-order chi connectivity index (χ0) is 16.4. The van der Waals surface area contributed by atoms with Gasteiger partial charge in [-0.15, -0.1) is 0 Å². The molecule has 0 aliphatic heterocycles. The van der Waals surface area contributed by atoms with E-state index in [1.807, 2.05) is 23.0 Å². The summed E-state index contributed by atoms with van der Waals surface area (Å²) < 4.78 is 8.20. The van der Waals surface area contributed by atoms with Gasteiger partial charge in [-0.3, -0.25) is 4.68 Å². The van der Waals surface area contributed by atoms with Crippen molar-refractivity contribution in [1.29, 1.82) is 0 Å². The summed E-state index contributed by atoms with van der Waals surface area (Å²) in [5, 5.41) is 5.61. The molecule has 0 unspecified atom stereocenters. The first kappa shape index (κ1) is 16.8. The first-order valence-electron chi connectivity index (χ1n) is 7.96. The molecule has 0 aliphatic rings. The zero-order valence-corrected chi connectivity index (χ0v) is 14.6. The summed E-state index contributed by atoms with van der Waals surface area (Å²) in [6.07, 6.45) is 4.04. The number of rotatable bonds is 5. The second-order valence-electron chi connectivity index (χ2n) is 7.40. The fraction of sp³-hybridized carbons (Fsp3) is 0.500. The Kier molecular flexibility index (Phi) is 4.81. The van der Waals surface area contributed by atoms with Crippen molar-refractivity contribution in [1.82, 2.24) is 9.78 Å². The predicted octanol–water partition coefficient (Wildman–Crippen LogP) is 4.59. The van der Waals surface area contributed by atoms with Crippen LogP contribution >= 0.6 is 0 Å². The molecular formula is C18H27BN2O. The van der Waals surface area contributed by atoms with Crippen molar-refractivity contribution in [3.63, 3.8) is 0 Å². The van der Waals surface area contributed by atoms with E-state index in [0.717, 1.165) is 12.1 Å². The van der Waals surface area contributed by atoms with E-state index in [9.17, 15) is 0 Å². The number of hydrogen-bond acceptors (Lipinski definition) is 2. The number of benzene rings is 1.